The average molecular weight is 581 g/mol. The van der Waals surface area contributed by atoms with Crippen LogP contribution in [0.15, 0.2) is 63.6 Å². The molecule has 35 heavy (non-hydrogen) atoms. The van der Waals surface area contributed by atoms with Crippen molar-refractivity contribution in [2.45, 2.75) is 12.8 Å². The van der Waals surface area contributed by atoms with Crippen LogP contribution in [-0.2, 0) is 19.1 Å². The van der Waals surface area contributed by atoms with Gasteiger partial charge in [0.05, 0.1) is 29.5 Å². The van der Waals surface area contributed by atoms with E-state index in [-0.39, 0.29) is 28.9 Å². The quantitative estimate of drug-likeness (QED) is 0.345. The van der Waals surface area contributed by atoms with E-state index in [0.29, 0.717) is 16.3 Å². The van der Waals surface area contributed by atoms with Crippen LogP contribution in [0.3, 0.4) is 0 Å². The van der Waals surface area contributed by atoms with Crippen molar-refractivity contribution in [3.05, 3.63) is 74.2 Å². The standard InChI is InChI=1S/C22H17BrClN3O4S.C2H6O/c1-31-22(30)19-18(14-4-2-3-5-16(14)24)15(10-25)21(27-20(19)29)32-11-17(28)26-13-8-6-12(23)7-9-13;1-2-3/h2-9,18-19H,11H2,1H3,(H,26,28)(H,27,29);3H,2H2,1H3. The molecule has 0 fully saturated rings. The van der Waals surface area contributed by atoms with Crippen LogP contribution in [0.4, 0.5) is 5.69 Å². The number of aliphatic hydroxyl groups excluding tert-OH is 1. The molecule has 2 amide bonds. The lowest BCUT2D eigenvalue weighted by Gasteiger charge is -2.31. The minimum atomic E-state index is -1.28. The smallest absolute Gasteiger partial charge is 0.319 e. The van der Waals surface area contributed by atoms with E-state index in [0.717, 1.165) is 16.2 Å². The van der Waals surface area contributed by atoms with Gasteiger partial charge in [0.1, 0.15) is 5.92 Å². The third-order valence-electron chi connectivity index (χ3n) is 4.70. The van der Waals surface area contributed by atoms with E-state index in [9.17, 15) is 19.6 Å². The van der Waals surface area contributed by atoms with Gasteiger partial charge in [-0.15, -0.1) is 0 Å². The van der Waals surface area contributed by atoms with E-state index in [1.54, 1.807) is 55.5 Å². The molecule has 184 valence electrons. The number of esters is 1. The summed E-state index contributed by atoms with van der Waals surface area (Å²) in [7, 11) is 1.17. The van der Waals surface area contributed by atoms with Crippen LogP contribution in [0.2, 0.25) is 5.02 Å². The van der Waals surface area contributed by atoms with Gasteiger partial charge in [-0.3, -0.25) is 14.4 Å². The number of carbonyl (C=O) groups is 3. The molecule has 0 aliphatic carbocycles. The van der Waals surface area contributed by atoms with Crippen LogP contribution in [0.1, 0.15) is 18.4 Å². The summed E-state index contributed by atoms with van der Waals surface area (Å²) in [6.07, 6.45) is 0. The highest BCUT2D eigenvalue weighted by molar-refractivity contribution is 9.10. The highest BCUT2D eigenvalue weighted by Crippen LogP contribution is 2.42. The zero-order valence-corrected chi connectivity index (χ0v) is 22.0. The van der Waals surface area contributed by atoms with Gasteiger partial charge in [0.2, 0.25) is 11.8 Å². The van der Waals surface area contributed by atoms with Crippen molar-refractivity contribution in [1.82, 2.24) is 5.32 Å². The maximum Gasteiger partial charge on any atom is 0.319 e. The molecule has 3 N–H and O–H groups in total. The fourth-order valence-electron chi connectivity index (χ4n) is 3.25. The topological polar surface area (TPSA) is 129 Å². The second-order valence-corrected chi connectivity index (χ2v) is 9.31. The van der Waals surface area contributed by atoms with Crippen molar-refractivity contribution in [3.63, 3.8) is 0 Å². The highest BCUT2D eigenvalue weighted by atomic mass is 79.9. The molecule has 0 radical (unpaired) electrons. The van der Waals surface area contributed by atoms with Gasteiger partial charge < -0.3 is 20.5 Å². The number of hydrogen-bond acceptors (Lipinski definition) is 7. The second kappa shape index (κ2) is 13.9. The van der Waals surface area contributed by atoms with Crippen LogP contribution >= 0.6 is 39.3 Å². The SMILES string of the molecule is CCO.COC(=O)C1C(=O)NC(SCC(=O)Nc2ccc(Br)cc2)=C(C#N)C1c1ccccc1Cl. The van der Waals surface area contributed by atoms with Gasteiger partial charge in [-0.25, -0.2) is 0 Å². The Bertz CT molecular complexity index is 1150. The zero-order valence-electron chi connectivity index (χ0n) is 18.9. The van der Waals surface area contributed by atoms with E-state index in [1.807, 2.05) is 0 Å². The molecule has 2 atom stereocenters. The van der Waals surface area contributed by atoms with Gasteiger partial charge in [-0.05, 0) is 42.8 Å². The van der Waals surface area contributed by atoms with Crippen LogP contribution in [0, 0.1) is 17.2 Å². The molecule has 0 saturated heterocycles. The normalized spacial score (nSPS) is 16.9. The zero-order chi connectivity index (χ0) is 26.0. The third kappa shape index (κ3) is 7.57. The predicted octanol–water partition coefficient (Wildman–Crippen LogP) is 4.21. The number of hydrogen-bond donors (Lipinski definition) is 3. The minimum Gasteiger partial charge on any atom is -0.468 e. The van der Waals surface area contributed by atoms with Gasteiger partial charge in [0.25, 0.3) is 0 Å². The van der Waals surface area contributed by atoms with Crippen molar-refractivity contribution in [3.8, 4) is 6.07 Å². The molecule has 2 aromatic rings. The molecule has 1 aliphatic rings. The number of aliphatic hydroxyl groups is 1. The summed E-state index contributed by atoms with van der Waals surface area (Å²) in [6.45, 7) is 1.93. The van der Waals surface area contributed by atoms with Gasteiger partial charge in [0.15, 0.2) is 0 Å². The van der Waals surface area contributed by atoms with Gasteiger partial charge in [-0.1, -0.05) is 57.5 Å². The van der Waals surface area contributed by atoms with Crippen molar-refractivity contribution >= 4 is 62.8 Å². The average Bonchev–Trinajstić information content (AvgIpc) is 2.84. The Morgan fingerprint density at radius 2 is 1.89 bits per heavy atom. The predicted molar refractivity (Wildman–Crippen MR) is 138 cm³/mol. The molecule has 0 spiro atoms. The summed E-state index contributed by atoms with van der Waals surface area (Å²) in [4.78, 5) is 37.6. The first kappa shape index (κ1) is 28.4. The monoisotopic (exact) mass is 579 g/mol. The Hall–Kier alpha value is -2.84. The van der Waals surface area contributed by atoms with E-state index < -0.39 is 23.7 Å². The number of benzene rings is 2. The Kier molecular flexibility index (Phi) is 11.3. The summed E-state index contributed by atoms with van der Waals surface area (Å²) >= 11 is 10.7. The molecular formula is C24H23BrClN3O5S. The molecule has 1 heterocycles. The van der Waals surface area contributed by atoms with Gasteiger partial charge in [0, 0.05) is 27.7 Å². The van der Waals surface area contributed by atoms with Crippen LogP contribution in [0.5, 0.6) is 0 Å². The number of nitrogens with zero attached hydrogens (tertiary/aromatic N) is 1. The Balaban J connectivity index is 0.00000137. The first-order chi connectivity index (χ1) is 16.8. The first-order valence-electron chi connectivity index (χ1n) is 10.3. The molecule has 0 aromatic heterocycles. The fraction of sp³-hybridized carbons (Fsp3) is 0.250. The van der Waals surface area contributed by atoms with Crippen LogP contribution < -0.4 is 10.6 Å². The van der Waals surface area contributed by atoms with Crippen molar-refractivity contribution < 1.29 is 24.2 Å². The molecular weight excluding hydrogens is 558 g/mol. The molecule has 2 unspecified atom stereocenters. The number of amides is 2. The first-order valence-corrected chi connectivity index (χ1v) is 12.5. The van der Waals surface area contributed by atoms with E-state index >= 15 is 0 Å². The lowest BCUT2D eigenvalue weighted by Crippen LogP contribution is -2.44. The van der Waals surface area contributed by atoms with Gasteiger partial charge >= 0.3 is 5.97 Å². The number of nitrogens with one attached hydrogen (secondary N) is 2. The number of carbonyl (C=O) groups excluding carboxylic acids is 3. The number of halogens is 2. The molecule has 0 bridgehead atoms. The molecule has 0 saturated carbocycles. The minimum absolute atomic E-state index is 0.0605. The summed E-state index contributed by atoms with van der Waals surface area (Å²) in [5.74, 6) is -4.01. The third-order valence-corrected chi connectivity index (χ3v) is 6.59. The maximum absolute atomic E-state index is 12.8. The Morgan fingerprint density at radius 1 is 1.26 bits per heavy atom. The summed E-state index contributed by atoms with van der Waals surface area (Å²) in [5, 5.41) is 23.3. The number of methoxy groups -OCH3 is 1. The number of anilines is 1. The Labute approximate surface area is 220 Å². The largest absolute Gasteiger partial charge is 0.468 e. The van der Waals surface area contributed by atoms with Gasteiger partial charge in [-0.2, -0.15) is 5.26 Å². The number of nitriles is 1. The van der Waals surface area contributed by atoms with Crippen molar-refractivity contribution in [2.24, 2.45) is 5.92 Å². The number of rotatable bonds is 6. The molecule has 1 aliphatic heterocycles. The molecule has 11 heteroatoms. The second-order valence-electron chi connectivity index (χ2n) is 7.00. The summed E-state index contributed by atoms with van der Waals surface area (Å²) < 4.78 is 5.68. The van der Waals surface area contributed by atoms with E-state index in [4.69, 9.17) is 21.4 Å². The molecule has 3 rings (SSSR count). The number of thioether (sulfide) groups is 1. The van der Waals surface area contributed by atoms with E-state index in [1.165, 1.54) is 7.11 Å². The number of ether oxygens (including phenoxy) is 1. The number of allylic oxidation sites excluding steroid dienone is 1. The molecule has 8 nitrogen and oxygen atoms in total. The van der Waals surface area contributed by atoms with Crippen molar-refractivity contribution in [2.75, 3.05) is 24.8 Å². The Morgan fingerprint density at radius 3 is 2.46 bits per heavy atom. The van der Waals surface area contributed by atoms with Crippen LogP contribution in [0.25, 0.3) is 0 Å². The van der Waals surface area contributed by atoms with Crippen LogP contribution in [-0.4, -0.2) is 42.4 Å². The highest BCUT2D eigenvalue weighted by Gasteiger charge is 2.45. The van der Waals surface area contributed by atoms with Crippen molar-refractivity contribution in [1.29, 1.82) is 5.26 Å². The lowest BCUT2D eigenvalue weighted by atomic mass is 9.78. The fourth-order valence-corrected chi connectivity index (χ4v) is 4.62. The van der Waals surface area contributed by atoms with E-state index in [2.05, 4.69) is 32.6 Å². The lowest BCUT2D eigenvalue weighted by molar-refractivity contribution is -0.150. The summed E-state index contributed by atoms with van der Waals surface area (Å²) in [5.41, 5.74) is 1.20. The maximum atomic E-state index is 12.8. The molecule has 2 aromatic carbocycles. The summed E-state index contributed by atoms with van der Waals surface area (Å²) in [6, 6.07) is 15.8.